The van der Waals surface area contributed by atoms with Gasteiger partial charge in [-0.15, -0.1) is 0 Å². The van der Waals surface area contributed by atoms with E-state index < -0.39 is 32.2 Å². The lowest BCUT2D eigenvalue weighted by Gasteiger charge is -1.98. The van der Waals surface area contributed by atoms with Crippen LogP contribution in [0.5, 0.6) is 0 Å². The summed E-state index contributed by atoms with van der Waals surface area (Å²) in [5.74, 6) is -1.79. The topological polar surface area (TPSA) is 117 Å². The summed E-state index contributed by atoms with van der Waals surface area (Å²) in [6.45, 7) is 1.30. The molecule has 0 aliphatic carbocycles. The summed E-state index contributed by atoms with van der Waals surface area (Å²) < 4.78 is 22.4. The van der Waals surface area contributed by atoms with E-state index in [1.54, 1.807) is 0 Å². The normalized spacial score (nSPS) is 11.3. The van der Waals surface area contributed by atoms with Crippen molar-refractivity contribution in [3.63, 3.8) is 0 Å². The molecule has 0 aromatic carbocycles. The molecule has 0 bridgehead atoms. The first-order valence-electron chi connectivity index (χ1n) is 3.94. The predicted octanol–water partition coefficient (Wildman–Crippen LogP) is -0.317. The second-order valence-electron chi connectivity index (χ2n) is 2.65. The average Bonchev–Trinajstić information content (AvgIpc) is 2.64. The van der Waals surface area contributed by atoms with Crippen LogP contribution in [0.25, 0.3) is 0 Å². The van der Waals surface area contributed by atoms with Gasteiger partial charge in [0.25, 0.3) is 5.12 Å². The summed E-state index contributed by atoms with van der Waals surface area (Å²) in [5, 5.41) is 12.8. The van der Waals surface area contributed by atoms with Crippen LogP contribution in [0.15, 0.2) is 6.20 Å². The van der Waals surface area contributed by atoms with Gasteiger partial charge in [0.15, 0.2) is 0 Å². The lowest BCUT2D eigenvalue weighted by atomic mass is 10.3. The highest BCUT2D eigenvalue weighted by molar-refractivity contribution is 8.06. The fourth-order valence-electron chi connectivity index (χ4n) is 0.890. The summed E-state index contributed by atoms with van der Waals surface area (Å²) in [7, 11) is -3.95. The second kappa shape index (κ2) is 3.81. The predicted molar refractivity (Wildman–Crippen MR) is 49.3 cm³/mol. The van der Waals surface area contributed by atoms with Crippen LogP contribution in [0.1, 0.15) is 27.8 Å². The number of hydrogen-bond donors (Lipinski definition) is 2. The number of aromatic carboxylic acids is 1. The van der Waals surface area contributed by atoms with Gasteiger partial charge in [0.1, 0.15) is 11.3 Å². The van der Waals surface area contributed by atoms with Crippen LogP contribution in [0, 0.1) is 0 Å². The van der Waals surface area contributed by atoms with Crippen LogP contribution in [-0.4, -0.2) is 40.6 Å². The minimum absolute atomic E-state index is 0.385. The zero-order chi connectivity index (χ0) is 11.6. The van der Waals surface area contributed by atoms with Crippen LogP contribution < -0.4 is 0 Å². The molecule has 1 aromatic heterocycles. The van der Waals surface area contributed by atoms with E-state index in [0.717, 1.165) is 6.20 Å². The Morgan fingerprint density at radius 2 is 2.13 bits per heavy atom. The number of aromatic nitrogens is 2. The Labute approximate surface area is 85.0 Å². The molecule has 2 N–H and O–H groups in total. The van der Waals surface area contributed by atoms with Crippen LogP contribution in [0.4, 0.5) is 0 Å². The van der Waals surface area contributed by atoms with Gasteiger partial charge in [0.2, 0.25) is 9.84 Å². The van der Waals surface area contributed by atoms with Crippen molar-refractivity contribution in [3.8, 4) is 0 Å². The summed E-state index contributed by atoms with van der Waals surface area (Å²) in [6, 6.07) is 0. The van der Waals surface area contributed by atoms with Crippen LogP contribution in [-0.2, 0) is 9.84 Å². The first kappa shape index (κ1) is 11.4. The second-order valence-corrected chi connectivity index (χ2v) is 4.83. The molecule has 0 fully saturated rings. The number of aromatic amines is 1. The number of carbonyl (C=O) groups excluding carboxylic acids is 1. The first-order chi connectivity index (χ1) is 6.90. The molecule has 8 heteroatoms. The molecule has 7 nitrogen and oxygen atoms in total. The van der Waals surface area contributed by atoms with Gasteiger partial charge in [-0.1, -0.05) is 6.92 Å². The fraction of sp³-hybridized carbons (Fsp3) is 0.286. The average molecular weight is 232 g/mol. The van der Waals surface area contributed by atoms with E-state index >= 15 is 0 Å². The Morgan fingerprint density at radius 1 is 1.53 bits per heavy atom. The molecule has 0 saturated heterocycles. The van der Waals surface area contributed by atoms with Gasteiger partial charge in [-0.25, -0.2) is 13.2 Å². The third-order valence-electron chi connectivity index (χ3n) is 1.74. The molecule has 0 atom stereocenters. The largest absolute Gasteiger partial charge is 0.478 e. The molecule has 0 unspecified atom stereocenters. The molecule has 15 heavy (non-hydrogen) atoms. The number of carbonyl (C=O) groups is 2. The van der Waals surface area contributed by atoms with E-state index in [1.165, 1.54) is 6.92 Å². The standard InChI is InChI=1S/C7H8N2O5S/c1-2-15(13,14)7(12)5-4(6(10)11)3-8-9-5/h3H,2H2,1H3,(H,8,9)(H,10,11). The molecule has 1 heterocycles. The molecule has 1 rings (SSSR count). The van der Waals surface area contributed by atoms with Gasteiger partial charge < -0.3 is 5.11 Å². The zero-order valence-corrected chi connectivity index (χ0v) is 8.54. The molecule has 0 aliphatic heterocycles. The minimum atomic E-state index is -3.95. The Kier molecular flexibility index (Phi) is 2.89. The van der Waals surface area contributed by atoms with Crippen molar-refractivity contribution in [2.45, 2.75) is 6.92 Å². The van der Waals surface area contributed by atoms with Crippen LogP contribution in [0.3, 0.4) is 0 Å². The number of hydrogen-bond acceptors (Lipinski definition) is 5. The summed E-state index contributed by atoms with van der Waals surface area (Å²) in [5.41, 5.74) is -0.957. The molecular weight excluding hydrogens is 224 g/mol. The van der Waals surface area contributed by atoms with Crippen molar-refractivity contribution in [1.82, 2.24) is 10.2 Å². The third-order valence-corrected chi connectivity index (χ3v) is 3.27. The van der Waals surface area contributed by atoms with E-state index in [-0.39, 0.29) is 5.75 Å². The maximum absolute atomic E-state index is 11.4. The van der Waals surface area contributed by atoms with Gasteiger partial charge in [-0.3, -0.25) is 9.89 Å². The molecule has 0 aliphatic rings. The SMILES string of the molecule is CCS(=O)(=O)C(=O)c1[nH]ncc1C(=O)O. The Morgan fingerprint density at radius 3 is 2.60 bits per heavy atom. The Balaban J connectivity index is 3.24. The number of carboxylic acids is 1. The highest BCUT2D eigenvalue weighted by atomic mass is 32.2. The van der Waals surface area contributed by atoms with Crippen LogP contribution >= 0.6 is 0 Å². The van der Waals surface area contributed by atoms with Crippen molar-refractivity contribution in [2.75, 3.05) is 5.75 Å². The van der Waals surface area contributed by atoms with E-state index in [1.807, 2.05) is 0 Å². The molecule has 0 saturated carbocycles. The lowest BCUT2D eigenvalue weighted by molar-refractivity contribution is 0.0693. The van der Waals surface area contributed by atoms with E-state index in [0.29, 0.717) is 0 Å². The molecule has 0 spiro atoms. The number of nitrogens with one attached hydrogen (secondary N) is 1. The first-order valence-corrected chi connectivity index (χ1v) is 5.59. The quantitative estimate of drug-likeness (QED) is 0.737. The lowest BCUT2D eigenvalue weighted by Crippen LogP contribution is -2.19. The van der Waals surface area contributed by atoms with Crippen molar-refractivity contribution in [1.29, 1.82) is 0 Å². The maximum atomic E-state index is 11.4. The van der Waals surface area contributed by atoms with Crippen molar-refractivity contribution >= 4 is 20.9 Å². The molecular formula is C7H8N2O5S. The Bertz CT molecular complexity index is 501. The number of sulfone groups is 1. The van der Waals surface area contributed by atoms with Gasteiger partial charge in [-0.05, 0) is 0 Å². The van der Waals surface area contributed by atoms with Gasteiger partial charge >= 0.3 is 5.97 Å². The minimum Gasteiger partial charge on any atom is -0.478 e. The smallest absolute Gasteiger partial charge is 0.339 e. The zero-order valence-electron chi connectivity index (χ0n) is 7.72. The number of rotatable bonds is 3. The van der Waals surface area contributed by atoms with Crippen LogP contribution in [0.2, 0.25) is 0 Å². The molecule has 0 radical (unpaired) electrons. The maximum Gasteiger partial charge on any atom is 0.339 e. The van der Waals surface area contributed by atoms with Gasteiger partial charge in [-0.2, -0.15) is 5.10 Å². The highest BCUT2D eigenvalue weighted by Crippen LogP contribution is 2.09. The number of carboxylic acid groups (broad SMARTS) is 1. The number of nitrogens with zero attached hydrogens (tertiary/aromatic N) is 1. The summed E-state index contributed by atoms with van der Waals surface area (Å²) >= 11 is 0. The monoisotopic (exact) mass is 232 g/mol. The molecule has 1 aromatic rings. The fourth-order valence-corrected chi connectivity index (χ4v) is 1.62. The van der Waals surface area contributed by atoms with Gasteiger partial charge in [0, 0.05) is 0 Å². The van der Waals surface area contributed by atoms with Crippen molar-refractivity contribution in [3.05, 3.63) is 17.5 Å². The highest BCUT2D eigenvalue weighted by Gasteiger charge is 2.28. The molecule has 82 valence electrons. The van der Waals surface area contributed by atoms with E-state index in [9.17, 15) is 18.0 Å². The summed E-state index contributed by atoms with van der Waals surface area (Å²) in [4.78, 5) is 22.0. The van der Waals surface area contributed by atoms with Crippen molar-refractivity contribution < 1.29 is 23.1 Å². The van der Waals surface area contributed by atoms with E-state index in [4.69, 9.17) is 5.11 Å². The van der Waals surface area contributed by atoms with Gasteiger partial charge in [0.05, 0.1) is 11.9 Å². The van der Waals surface area contributed by atoms with Crippen molar-refractivity contribution in [2.24, 2.45) is 0 Å². The summed E-state index contributed by atoms with van der Waals surface area (Å²) in [6.07, 6.45) is 0.890. The third kappa shape index (κ3) is 2.04. The molecule has 0 amide bonds. The Hall–Kier alpha value is -1.70. The number of H-pyrrole nitrogens is 1. The van der Waals surface area contributed by atoms with E-state index in [2.05, 4.69) is 10.2 Å².